The Hall–Kier alpha value is -3.12. The van der Waals surface area contributed by atoms with Gasteiger partial charge in [0.1, 0.15) is 11.6 Å². The average Bonchev–Trinajstić information content (AvgIpc) is 3.22. The zero-order valence-corrected chi connectivity index (χ0v) is 19.3. The number of nitrogens with zero attached hydrogens (tertiary/aromatic N) is 2. The standard InChI is InChI=1S/C27H21BrF2N2O/c28-24-7-2-1-5-22(24)27(33)32-26(18-10-14-21(30)15-11-18)23-6-3-4-19(25(23)31-32)16-17-8-12-20(29)13-9-17/h1-2,5,7-16,23,26H,3-4,6H2/b19-16+/t23-,26-/m1/s1. The Morgan fingerprint density at radius 2 is 1.64 bits per heavy atom. The van der Waals surface area contributed by atoms with Crippen LogP contribution in [0, 0.1) is 17.6 Å². The molecule has 3 nitrogen and oxygen atoms in total. The van der Waals surface area contributed by atoms with E-state index in [4.69, 9.17) is 5.10 Å². The number of rotatable bonds is 3. The first-order chi connectivity index (χ1) is 16.0. The molecule has 1 aliphatic carbocycles. The molecule has 0 unspecified atom stereocenters. The first-order valence-electron chi connectivity index (χ1n) is 10.9. The van der Waals surface area contributed by atoms with Crippen LogP contribution in [0.15, 0.2) is 87.9 Å². The van der Waals surface area contributed by atoms with Crippen LogP contribution in [0.2, 0.25) is 0 Å². The summed E-state index contributed by atoms with van der Waals surface area (Å²) in [4.78, 5) is 13.6. The van der Waals surface area contributed by atoms with Crippen molar-refractivity contribution in [1.29, 1.82) is 0 Å². The highest BCUT2D eigenvalue weighted by atomic mass is 79.9. The van der Waals surface area contributed by atoms with Gasteiger partial charge in [0.2, 0.25) is 0 Å². The Morgan fingerprint density at radius 1 is 0.970 bits per heavy atom. The van der Waals surface area contributed by atoms with E-state index in [1.54, 1.807) is 35.3 Å². The van der Waals surface area contributed by atoms with Crippen molar-refractivity contribution in [3.63, 3.8) is 0 Å². The average molecular weight is 507 g/mol. The molecule has 0 saturated heterocycles. The molecule has 1 fully saturated rings. The summed E-state index contributed by atoms with van der Waals surface area (Å²) in [5.74, 6) is -0.803. The zero-order chi connectivity index (χ0) is 22.9. The minimum atomic E-state index is -0.322. The van der Waals surface area contributed by atoms with Crippen molar-refractivity contribution in [2.75, 3.05) is 0 Å². The molecule has 1 heterocycles. The second kappa shape index (κ2) is 9.02. The molecule has 5 rings (SSSR count). The molecule has 3 aromatic rings. The van der Waals surface area contributed by atoms with E-state index in [9.17, 15) is 13.6 Å². The molecule has 0 bridgehead atoms. The normalized spacial score (nSPS) is 21.1. The van der Waals surface area contributed by atoms with Gasteiger partial charge in [-0.1, -0.05) is 36.4 Å². The number of hydrazone groups is 1. The van der Waals surface area contributed by atoms with Crippen LogP contribution >= 0.6 is 15.9 Å². The van der Waals surface area contributed by atoms with Crippen LogP contribution in [0.3, 0.4) is 0 Å². The van der Waals surface area contributed by atoms with Gasteiger partial charge in [0, 0.05) is 10.4 Å². The second-order valence-corrected chi connectivity index (χ2v) is 9.19. The molecule has 1 aliphatic heterocycles. The molecular formula is C27H21BrF2N2O. The van der Waals surface area contributed by atoms with Crippen molar-refractivity contribution in [2.24, 2.45) is 11.0 Å². The molecule has 0 N–H and O–H groups in total. The van der Waals surface area contributed by atoms with Gasteiger partial charge in [-0.05, 0) is 94.4 Å². The van der Waals surface area contributed by atoms with Crippen LogP contribution < -0.4 is 0 Å². The molecule has 6 heteroatoms. The van der Waals surface area contributed by atoms with Crippen LogP contribution in [-0.2, 0) is 0 Å². The van der Waals surface area contributed by atoms with Gasteiger partial charge in [0.05, 0.1) is 17.3 Å². The van der Waals surface area contributed by atoms with E-state index in [0.717, 1.165) is 41.7 Å². The van der Waals surface area contributed by atoms with Crippen LogP contribution in [0.1, 0.15) is 46.8 Å². The van der Waals surface area contributed by atoms with Gasteiger partial charge in [-0.3, -0.25) is 4.79 Å². The van der Waals surface area contributed by atoms with Gasteiger partial charge < -0.3 is 0 Å². The maximum Gasteiger partial charge on any atom is 0.275 e. The number of halogens is 3. The Morgan fingerprint density at radius 3 is 2.33 bits per heavy atom. The highest BCUT2D eigenvalue weighted by Crippen LogP contribution is 2.45. The first kappa shape index (κ1) is 21.7. The Labute approximate surface area is 199 Å². The summed E-state index contributed by atoms with van der Waals surface area (Å²) >= 11 is 3.48. The summed E-state index contributed by atoms with van der Waals surface area (Å²) in [5, 5.41) is 6.40. The molecule has 2 atom stereocenters. The molecule has 1 saturated carbocycles. The van der Waals surface area contributed by atoms with Crippen molar-refractivity contribution in [3.8, 4) is 0 Å². The molecule has 0 aromatic heterocycles. The Kier molecular flexibility index (Phi) is 5.94. The third kappa shape index (κ3) is 4.27. The number of carbonyl (C=O) groups excluding carboxylic acids is 1. The third-order valence-electron chi connectivity index (χ3n) is 6.24. The van der Waals surface area contributed by atoms with Crippen molar-refractivity contribution < 1.29 is 13.6 Å². The molecule has 3 aromatic carbocycles. The fraction of sp³-hybridized carbons (Fsp3) is 0.185. The number of hydrogen-bond donors (Lipinski definition) is 0. The SMILES string of the molecule is O=C(c1ccccc1Br)N1N=C2/C(=C/c3ccc(F)cc3)CCC[C@H]2[C@H]1c1ccc(F)cc1. The van der Waals surface area contributed by atoms with Gasteiger partial charge >= 0.3 is 0 Å². The van der Waals surface area contributed by atoms with E-state index >= 15 is 0 Å². The summed E-state index contributed by atoms with van der Waals surface area (Å²) in [7, 11) is 0. The van der Waals surface area contributed by atoms with Crippen LogP contribution in [0.5, 0.6) is 0 Å². The van der Waals surface area contributed by atoms with E-state index in [2.05, 4.69) is 15.9 Å². The molecule has 33 heavy (non-hydrogen) atoms. The van der Waals surface area contributed by atoms with E-state index in [-0.39, 0.29) is 29.5 Å². The maximum absolute atomic E-state index is 13.7. The monoisotopic (exact) mass is 506 g/mol. The van der Waals surface area contributed by atoms with E-state index < -0.39 is 0 Å². The number of benzene rings is 3. The number of carbonyl (C=O) groups is 1. The highest BCUT2D eigenvalue weighted by Gasteiger charge is 2.44. The molecule has 166 valence electrons. The molecule has 2 aliphatic rings. The summed E-state index contributed by atoms with van der Waals surface area (Å²) in [6, 6.07) is 19.6. The Bertz CT molecular complexity index is 1250. The topological polar surface area (TPSA) is 32.7 Å². The van der Waals surface area contributed by atoms with E-state index in [0.29, 0.717) is 10.0 Å². The third-order valence-corrected chi connectivity index (χ3v) is 6.93. The quantitative estimate of drug-likeness (QED) is 0.370. The smallest absolute Gasteiger partial charge is 0.267 e. The summed E-state index contributed by atoms with van der Waals surface area (Å²) in [6.07, 6.45) is 4.69. The summed E-state index contributed by atoms with van der Waals surface area (Å²) in [5.41, 5.74) is 4.19. The summed E-state index contributed by atoms with van der Waals surface area (Å²) in [6.45, 7) is 0. The predicted molar refractivity (Wildman–Crippen MR) is 129 cm³/mol. The molecule has 0 radical (unpaired) electrons. The van der Waals surface area contributed by atoms with Crippen molar-refractivity contribution in [2.45, 2.75) is 25.3 Å². The van der Waals surface area contributed by atoms with Crippen molar-refractivity contribution >= 4 is 33.6 Å². The summed E-state index contributed by atoms with van der Waals surface area (Å²) < 4.78 is 27.7. The lowest BCUT2D eigenvalue weighted by Crippen LogP contribution is -2.32. The van der Waals surface area contributed by atoms with Crippen LogP contribution in [-0.4, -0.2) is 16.6 Å². The van der Waals surface area contributed by atoms with Gasteiger partial charge in [0.25, 0.3) is 5.91 Å². The largest absolute Gasteiger partial charge is 0.275 e. The molecule has 1 amide bonds. The lowest BCUT2D eigenvalue weighted by Gasteiger charge is -2.29. The van der Waals surface area contributed by atoms with Gasteiger partial charge in [-0.2, -0.15) is 5.10 Å². The van der Waals surface area contributed by atoms with Crippen molar-refractivity contribution in [3.05, 3.63) is 111 Å². The number of hydrogen-bond acceptors (Lipinski definition) is 2. The molecular weight excluding hydrogens is 486 g/mol. The first-order valence-corrected chi connectivity index (χ1v) is 11.7. The van der Waals surface area contributed by atoms with Gasteiger partial charge in [0.15, 0.2) is 0 Å². The number of amides is 1. The highest BCUT2D eigenvalue weighted by molar-refractivity contribution is 9.10. The van der Waals surface area contributed by atoms with Gasteiger partial charge in [-0.25, -0.2) is 13.8 Å². The minimum Gasteiger partial charge on any atom is -0.267 e. The Balaban J connectivity index is 1.59. The van der Waals surface area contributed by atoms with Crippen LogP contribution in [0.25, 0.3) is 6.08 Å². The van der Waals surface area contributed by atoms with E-state index in [1.807, 2.05) is 24.3 Å². The second-order valence-electron chi connectivity index (χ2n) is 8.33. The number of fused-ring (bicyclic) bond motifs is 1. The van der Waals surface area contributed by atoms with E-state index in [1.165, 1.54) is 24.3 Å². The maximum atomic E-state index is 13.7. The van der Waals surface area contributed by atoms with Crippen LogP contribution in [0.4, 0.5) is 8.78 Å². The minimum absolute atomic E-state index is 0.00217. The van der Waals surface area contributed by atoms with Crippen molar-refractivity contribution in [1.82, 2.24) is 5.01 Å². The zero-order valence-electron chi connectivity index (χ0n) is 17.7. The lowest BCUT2D eigenvalue weighted by atomic mass is 9.77. The fourth-order valence-electron chi connectivity index (χ4n) is 4.68. The van der Waals surface area contributed by atoms with Gasteiger partial charge in [-0.15, -0.1) is 0 Å². The lowest BCUT2D eigenvalue weighted by molar-refractivity contribution is 0.0680. The predicted octanol–water partition coefficient (Wildman–Crippen LogP) is 7.16. The molecule has 0 spiro atoms. The fourth-order valence-corrected chi connectivity index (χ4v) is 5.13. The number of allylic oxidation sites excluding steroid dienone is 1.